The van der Waals surface area contributed by atoms with Crippen LogP contribution in [0.4, 0.5) is 0 Å². The molecule has 0 saturated carbocycles. The first-order valence-electron chi connectivity index (χ1n) is 6.37. The molecule has 96 valence electrons. The van der Waals surface area contributed by atoms with Gasteiger partial charge < -0.3 is 14.7 Å². The minimum atomic E-state index is 0.163. The Labute approximate surface area is 102 Å². The van der Waals surface area contributed by atoms with Crippen LogP contribution in [0.5, 0.6) is 0 Å². The Balaban J connectivity index is 1.85. The van der Waals surface area contributed by atoms with E-state index < -0.39 is 0 Å². The third-order valence-corrected chi connectivity index (χ3v) is 3.75. The van der Waals surface area contributed by atoms with Crippen LogP contribution >= 0.6 is 0 Å². The second kappa shape index (κ2) is 5.49. The zero-order valence-electron chi connectivity index (χ0n) is 10.5. The van der Waals surface area contributed by atoms with E-state index in [4.69, 9.17) is 0 Å². The maximum Gasteiger partial charge on any atom is 0.227 e. The summed E-state index contributed by atoms with van der Waals surface area (Å²) in [5, 5.41) is 0. The first-order valence-corrected chi connectivity index (χ1v) is 6.37. The van der Waals surface area contributed by atoms with Crippen LogP contribution in [-0.4, -0.2) is 73.3 Å². The number of likely N-dealkylation sites (tertiary alicyclic amines) is 1. The predicted octanol–water partition coefficient (Wildman–Crippen LogP) is -0.371. The predicted molar refractivity (Wildman–Crippen MR) is 64.4 cm³/mol. The van der Waals surface area contributed by atoms with E-state index in [1.807, 2.05) is 4.90 Å². The van der Waals surface area contributed by atoms with E-state index in [2.05, 4.69) is 11.9 Å². The number of hydrogen-bond donors (Lipinski definition) is 0. The Morgan fingerprint density at radius 1 is 1.18 bits per heavy atom. The quantitative estimate of drug-likeness (QED) is 0.618. The van der Waals surface area contributed by atoms with Crippen LogP contribution in [0, 0.1) is 5.92 Å². The molecular weight excluding hydrogens is 218 g/mol. The van der Waals surface area contributed by atoms with Gasteiger partial charge in [0.2, 0.25) is 12.3 Å². The Kier molecular flexibility index (Phi) is 3.99. The molecule has 2 aliphatic heterocycles. The highest BCUT2D eigenvalue weighted by Crippen LogP contribution is 2.18. The number of nitrogens with zero attached hydrogens (tertiary/aromatic N) is 3. The highest BCUT2D eigenvalue weighted by Gasteiger charge is 2.29. The van der Waals surface area contributed by atoms with E-state index in [1.54, 1.807) is 4.90 Å². The van der Waals surface area contributed by atoms with Gasteiger partial charge in [-0.25, -0.2) is 0 Å². The zero-order valence-corrected chi connectivity index (χ0v) is 10.5. The molecule has 0 aromatic heterocycles. The lowest BCUT2D eigenvalue weighted by Gasteiger charge is -2.37. The molecule has 1 unspecified atom stereocenters. The summed E-state index contributed by atoms with van der Waals surface area (Å²) in [7, 11) is 2.07. The Morgan fingerprint density at radius 2 is 1.88 bits per heavy atom. The van der Waals surface area contributed by atoms with Crippen molar-refractivity contribution < 1.29 is 9.59 Å². The summed E-state index contributed by atoms with van der Waals surface area (Å²) in [6, 6.07) is 0. The van der Waals surface area contributed by atoms with Gasteiger partial charge in [-0.2, -0.15) is 0 Å². The number of rotatable bonds is 2. The van der Waals surface area contributed by atoms with Crippen molar-refractivity contribution in [3.8, 4) is 0 Å². The fraction of sp³-hybridized carbons (Fsp3) is 0.833. The number of hydrogen-bond acceptors (Lipinski definition) is 3. The summed E-state index contributed by atoms with van der Waals surface area (Å²) in [6.45, 7) is 4.72. The van der Waals surface area contributed by atoms with Gasteiger partial charge in [0, 0.05) is 32.7 Å². The summed E-state index contributed by atoms with van der Waals surface area (Å²) in [6.07, 6.45) is 2.99. The van der Waals surface area contributed by atoms with Crippen LogP contribution in [0.1, 0.15) is 12.8 Å². The van der Waals surface area contributed by atoms with Crippen molar-refractivity contribution in [2.24, 2.45) is 5.92 Å². The van der Waals surface area contributed by atoms with Crippen molar-refractivity contribution in [3.63, 3.8) is 0 Å². The first kappa shape index (κ1) is 12.4. The Bertz CT molecular complexity index is 287. The summed E-state index contributed by atoms with van der Waals surface area (Å²) in [5.41, 5.74) is 0. The van der Waals surface area contributed by atoms with E-state index in [9.17, 15) is 9.59 Å². The normalized spacial score (nSPS) is 27.0. The first-order chi connectivity index (χ1) is 8.20. The molecule has 0 aromatic carbocycles. The average Bonchev–Trinajstić information content (AvgIpc) is 2.38. The van der Waals surface area contributed by atoms with Crippen LogP contribution in [-0.2, 0) is 9.59 Å². The summed E-state index contributed by atoms with van der Waals surface area (Å²) < 4.78 is 0. The summed E-state index contributed by atoms with van der Waals surface area (Å²) in [4.78, 5) is 28.8. The molecule has 0 N–H and O–H groups in total. The highest BCUT2D eigenvalue weighted by atomic mass is 16.2. The molecule has 2 saturated heterocycles. The summed E-state index contributed by atoms with van der Waals surface area (Å²) in [5.74, 6) is 0.443. The number of piperazine rings is 1. The van der Waals surface area contributed by atoms with Gasteiger partial charge in [-0.1, -0.05) is 0 Å². The lowest BCUT2D eigenvalue weighted by molar-refractivity contribution is -0.140. The van der Waals surface area contributed by atoms with Gasteiger partial charge in [0.15, 0.2) is 0 Å². The second-order valence-electron chi connectivity index (χ2n) is 5.07. The SMILES string of the molecule is CN1CCCC(C(=O)N2CCN(C=O)CC2)C1. The van der Waals surface area contributed by atoms with E-state index in [-0.39, 0.29) is 11.8 Å². The molecule has 2 aliphatic rings. The van der Waals surface area contributed by atoms with Crippen molar-refractivity contribution >= 4 is 12.3 Å². The van der Waals surface area contributed by atoms with E-state index in [1.165, 1.54) is 0 Å². The van der Waals surface area contributed by atoms with Crippen molar-refractivity contribution in [3.05, 3.63) is 0 Å². The van der Waals surface area contributed by atoms with Crippen molar-refractivity contribution in [1.82, 2.24) is 14.7 Å². The molecule has 5 nitrogen and oxygen atoms in total. The highest BCUT2D eigenvalue weighted by molar-refractivity contribution is 5.79. The van der Waals surface area contributed by atoms with Gasteiger partial charge in [0.1, 0.15) is 0 Å². The number of piperidine rings is 1. The minimum absolute atomic E-state index is 0.163. The van der Waals surface area contributed by atoms with Crippen molar-refractivity contribution in [2.75, 3.05) is 46.3 Å². The zero-order chi connectivity index (χ0) is 12.3. The average molecular weight is 239 g/mol. The molecule has 5 heteroatoms. The third-order valence-electron chi connectivity index (χ3n) is 3.75. The molecule has 0 aliphatic carbocycles. The standard InChI is InChI=1S/C12H21N3O2/c1-13-4-2-3-11(9-13)12(17)15-7-5-14(10-16)6-8-15/h10-11H,2-9H2,1H3. The largest absolute Gasteiger partial charge is 0.342 e. The van der Waals surface area contributed by atoms with Crippen LogP contribution in [0.3, 0.4) is 0 Å². The number of carbonyl (C=O) groups is 2. The summed E-state index contributed by atoms with van der Waals surface area (Å²) >= 11 is 0. The fourth-order valence-electron chi connectivity index (χ4n) is 2.67. The van der Waals surface area contributed by atoms with Crippen LogP contribution in [0.15, 0.2) is 0 Å². The second-order valence-corrected chi connectivity index (χ2v) is 5.07. The fourth-order valence-corrected chi connectivity index (χ4v) is 2.67. The van der Waals surface area contributed by atoms with E-state index in [0.29, 0.717) is 26.2 Å². The smallest absolute Gasteiger partial charge is 0.227 e. The van der Waals surface area contributed by atoms with Crippen molar-refractivity contribution in [2.45, 2.75) is 12.8 Å². The number of amides is 2. The molecule has 2 amide bonds. The number of carbonyl (C=O) groups excluding carboxylic acids is 2. The molecule has 0 radical (unpaired) electrons. The maximum absolute atomic E-state index is 12.3. The molecule has 2 rings (SSSR count). The molecule has 0 aromatic rings. The van der Waals surface area contributed by atoms with E-state index >= 15 is 0 Å². The topological polar surface area (TPSA) is 43.9 Å². The molecular formula is C12H21N3O2. The van der Waals surface area contributed by atoms with Gasteiger partial charge in [-0.05, 0) is 26.4 Å². The minimum Gasteiger partial charge on any atom is -0.342 e. The van der Waals surface area contributed by atoms with Crippen LogP contribution < -0.4 is 0 Å². The van der Waals surface area contributed by atoms with Gasteiger partial charge in [0.05, 0.1) is 5.92 Å². The van der Waals surface area contributed by atoms with Gasteiger partial charge in [-0.3, -0.25) is 9.59 Å². The lowest BCUT2D eigenvalue weighted by atomic mass is 9.96. The van der Waals surface area contributed by atoms with E-state index in [0.717, 1.165) is 32.3 Å². The Morgan fingerprint density at radius 3 is 2.47 bits per heavy atom. The molecule has 17 heavy (non-hydrogen) atoms. The molecule has 0 spiro atoms. The third kappa shape index (κ3) is 2.97. The van der Waals surface area contributed by atoms with Crippen molar-refractivity contribution in [1.29, 1.82) is 0 Å². The molecule has 0 bridgehead atoms. The van der Waals surface area contributed by atoms with Crippen LogP contribution in [0.25, 0.3) is 0 Å². The monoisotopic (exact) mass is 239 g/mol. The molecule has 1 atom stereocenters. The van der Waals surface area contributed by atoms with Gasteiger partial charge in [0.25, 0.3) is 0 Å². The van der Waals surface area contributed by atoms with Crippen LogP contribution in [0.2, 0.25) is 0 Å². The Hall–Kier alpha value is -1.10. The molecule has 2 heterocycles. The maximum atomic E-state index is 12.3. The molecule has 2 fully saturated rings. The lowest BCUT2D eigenvalue weighted by Crippen LogP contribution is -2.51. The van der Waals surface area contributed by atoms with Gasteiger partial charge >= 0.3 is 0 Å². The van der Waals surface area contributed by atoms with Gasteiger partial charge in [-0.15, -0.1) is 0 Å².